The van der Waals surface area contributed by atoms with Crippen molar-refractivity contribution in [3.63, 3.8) is 0 Å². The van der Waals surface area contributed by atoms with E-state index in [0.717, 1.165) is 12.8 Å². The minimum atomic E-state index is 0.0538. The molecule has 0 unspecified atom stereocenters. The van der Waals surface area contributed by atoms with Crippen molar-refractivity contribution >= 4 is 16.7 Å². The Hall–Kier alpha value is -2.69. The lowest BCUT2D eigenvalue weighted by molar-refractivity contribution is -0.134. The smallest absolute Gasteiger partial charge is 0.245 e. The molecular weight excluding hydrogens is 300 g/mol. The minimum Gasteiger partial charge on any atom is -0.331 e. The molecule has 1 aromatic heterocycles. The second kappa shape index (κ2) is 6.07. The lowest BCUT2D eigenvalue weighted by Crippen LogP contribution is -2.38. The fourth-order valence-corrected chi connectivity index (χ4v) is 3.25. The van der Waals surface area contributed by atoms with Crippen LogP contribution in [-0.4, -0.2) is 31.6 Å². The fourth-order valence-electron chi connectivity index (χ4n) is 3.25. The Balaban J connectivity index is 1.60. The Morgan fingerprint density at radius 1 is 1.25 bits per heavy atom. The van der Waals surface area contributed by atoms with Crippen molar-refractivity contribution in [2.24, 2.45) is 0 Å². The zero-order valence-corrected chi connectivity index (χ0v) is 13.7. The number of carbonyl (C=O) groups excluding carboxylic acids is 1. The van der Waals surface area contributed by atoms with Crippen LogP contribution in [0.25, 0.3) is 10.8 Å². The molecule has 1 aliphatic rings. The molecule has 3 aromatic rings. The average Bonchev–Trinajstić information content (AvgIpc) is 3.30. The van der Waals surface area contributed by atoms with Gasteiger partial charge in [-0.3, -0.25) is 4.79 Å². The quantitative estimate of drug-likeness (QED) is 0.725. The average molecular weight is 320 g/mol. The summed E-state index contributed by atoms with van der Waals surface area (Å²) in [7, 11) is 0. The maximum atomic E-state index is 12.8. The molecule has 1 atom stereocenters. The summed E-state index contributed by atoms with van der Waals surface area (Å²) < 4.78 is 1.59. The van der Waals surface area contributed by atoms with Crippen molar-refractivity contribution in [3.8, 4) is 0 Å². The van der Waals surface area contributed by atoms with Gasteiger partial charge in [-0.1, -0.05) is 36.4 Å². The molecule has 1 amide bonds. The highest BCUT2D eigenvalue weighted by Gasteiger charge is 2.36. The fraction of sp³-hybridized carbons (Fsp3) is 0.316. The zero-order chi connectivity index (χ0) is 16.5. The third-order valence-electron chi connectivity index (χ3n) is 4.67. The second-order valence-corrected chi connectivity index (χ2v) is 6.41. The molecule has 1 fully saturated rings. The molecule has 5 heteroatoms. The van der Waals surface area contributed by atoms with Gasteiger partial charge in [-0.05, 0) is 42.2 Å². The predicted octanol–water partition coefficient (Wildman–Crippen LogP) is 3.18. The van der Waals surface area contributed by atoms with E-state index in [9.17, 15) is 4.79 Å². The largest absolute Gasteiger partial charge is 0.331 e. The lowest BCUT2D eigenvalue weighted by Gasteiger charge is -2.30. The van der Waals surface area contributed by atoms with Crippen LogP contribution in [0.4, 0.5) is 0 Å². The SMILES string of the molecule is C[C@@H](c1ccc2ccccc2c1)N(C(=O)Cn1cncn1)C1CC1. The van der Waals surface area contributed by atoms with Crippen molar-refractivity contribution in [1.29, 1.82) is 0 Å². The van der Waals surface area contributed by atoms with Crippen molar-refractivity contribution in [3.05, 3.63) is 60.7 Å². The van der Waals surface area contributed by atoms with E-state index in [1.54, 1.807) is 11.0 Å². The van der Waals surface area contributed by atoms with Crippen LogP contribution in [0, 0.1) is 0 Å². The number of amides is 1. The van der Waals surface area contributed by atoms with E-state index in [2.05, 4.69) is 47.3 Å². The number of rotatable bonds is 5. The highest BCUT2D eigenvalue weighted by Crippen LogP contribution is 2.35. The standard InChI is InChI=1S/C19H20N4O/c1-14(16-7-6-15-4-2-3-5-17(15)10-16)23(18-8-9-18)19(24)11-22-13-20-12-21-22/h2-7,10,12-14,18H,8-9,11H2,1H3/t14-/m0/s1. The molecule has 1 saturated carbocycles. The Kier molecular flexibility index (Phi) is 3.76. The molecule has 0 saturated heterocycles. The van der Waals surface area contributed by atoms with E-state index in [0.29, 0.717) is 6.04 Å². The van der Waals surface area contributed by atoms with Crippen LogP contribution in [0.1, 0.15) is 31.4 Å². The number of hydrogen-bond acceptors (Lipinski definition) is 3. The number of hydrogen-bond donors (Lipinski definition) is 0. The Bertz CT molecular complexity index is 855. The van der Waals surface area contributed by atoms with Crippen LogP contribution in [0.5, 0.6) is 0 Å². The first-order valence-corrected chi connectivity index (χ1v) is 8.34. The summed E-state index contributed by atoms with van der Waals surface area (Å²) >= 11 is 0. The number of nitrogens with zero attached hydrogens (tertiary/aromatic N) is 4. The second-order valence-electron chi connectivity index (χ2n) is 6.41. The van der Waals surface area contributed by atoms with Crippen LogP contribution < -0.4 is 0 Å². The van der Waals surface area contributed by atoms with Gasteiger partial charge in [-0.25, -0.2) is 9.67 Å². The molecule has 0 radical (unpaired) electrons. The monoisotopic (exact) mass is 320 g/mol. The summed E-state index contributed by atoms with van der Waals surface area (Å²) in [4.78, 5) is 18.7. The summed E-state index contributed by atoms with van der Waals surface area (Å²) in [6.07, 6.45) is 5.22. The van der Waals surface area contributed by atoms with Crippen LogP contribution in [0.15, 0.2) is 55.1 Å². The maximum Gasteiger partial charge on any atom is 0.245 e. The van der Waals surface area contributed by atoms with E-state index < -0.39 is 0 Å². The van der Waals surface area contributed by atoms with Crippen molar-refractivity contribution in [1.82, 2.24) is 19.7 Å². The summed E-state index contributed by atoms with van der Waals surface area (Å²) in [5.41, 5.74) is 1.17. The molecular formula is C19H20N4O. The maximum absolute atomic E-state index is 12.8. The van der Waals surface area contributed by atoms with Gasteiger partial charge < -0.3 is 4.90 Å². The molecule has 0 bridgehead atoms. The van der Waals surface area contributed by atoms with Crippen molar-refractivity contribution < 1.29 is 4.79 Å². The van der Waals surface area contributed by atoms with Crippen LogP contribution in [0.3, 0.4) is 0 Å². The first kappa shape index (κ1) is 14.9. The molecule has 2 aromatic carbocycles. The molecule has 122 valence electrons. The molecule has 24 heavy (non-hydrogen) atoms. The van der Waals surface area contributed by atoms with Gasteiger partial charge in [0.05, 0.1) is 6.04 Å². The summed E-state index contributed by atoms with van der Waals surface area (Å²) in [6, 6.07) is 15.2. The number of aromatic nitrogens is 3. The molecule has 5 nitrogen and oxygen atoms in total. The summed E-state index contributed by atoms with van der Waals surface area (Å²) in [6.45, 7) is 2.36. The number of fused-ring (bicyclic) bond motifs is 1. The van der Waals surface area contributed by atoms with E-state index in [-0.39, 0.29) is 18.5 Å². The minimum absolute atomic E-state index is 0.0538. The third kappa shape index (κ3) is 2.89. The highest BCUT2D eigenvalue weighted by molar-refractivity contribution is 5.83. The lowest BCUT2D eigenvalue weighted by atomic mass is 10.0. The highest BCUT2D eigenvalue weighted by atomic mass is 16.2. The van der Waals surface area contributed by atoms with Crippen molar-refractivity contribution in [2.45, 2.75) is 38.4 Å². The van der Waals surface area contributed by atoms with Gasteiger partial charge in [0.25, 0.3) is 0 Å². The Morgan fingerprint density at radius 2 is 2.04 bits per heavy atom. The van der Waals surface area contributed by atoms with E-state index >= 15 is 0 Å². The molecule has 4 rings (SSSR count). The zero-order valence-electron chi connectivity index (χ0n) is 13.7. The van der Waals surface area contributed by atoms with Crippen LogP contribution in [0.2, 0.25) is 0 Å². The van der Waals surface area contributed by atoms with Gasteiger partial charge in [0.2, 0.25) is 5.91 Å². The first-order valence-electron chi connectivity index (χ1n) is 8.34. The molecule has 0 aliphatic heterocycles. The van der Waals surface area contributed by atoms with Gasteiger partial charge in [-0.2, -0.15) is 5.10 Å². The van der Waals surface area contributed by atoms with Gasteiger partial charge >= 0.3 is 0 Å². The van der Waals surface area contributed by atoms with Gasteiger partial charge in [0, 0.05) is 6.04 Å². The topological polar surface area (TPSA) is 51.0 Å². The van der Waals surface area contributed by atoms with Crippen LogP contribution >= 0.6 is 0 Å². The molecule has 1 aliphatic carbocycles. The Labute approximate surface area is 140 Å². The summed E-state index contributed by atoms with van der Waals surface area (Å²) in [5, 5.41) is 6.48. The van der Waals surface area contributed by atoms with E-state index in [1.807, 2.05) is 17.0 Å². The Morgan fingerprint density at radius 3 is 2.75 bits per heavy atom. The molecule has 0 N–H and O–H groups in total. The third-order valence-corrected chi connectivity index (χ3v) is 4.67. The molecule has 1 heterocycles. The van der Waals surface area contributed by atoms with E-state index in [1.165, 1.54) is 22.7 Å². The van der Waals surface area contributed by atoms with Crippen LogP contribution in [-0.2, 0) is 11.3 Å². The van der Waals surface area contributed by atoms with Gasteiger partial charge in [-0.15, -0.1) is 0 Å². The number of benzene rings is 2. The first-order chi connectivity index (χ1) is 11.7. The normalized spacial score (nSPS) is 15.4. The van der Waals surface area contributed by atoms with Crippen molar-refractivity contribution in [2.75, 3.05) is 0 Å². The van der Waals surface area contributed by atoms with Gasteiger partial charge in [0.15, 0.2) is 0 Å². The number of carbonyl (C=O) groups is 1. The van der Waals surface area contributed by atoms with Gasteiger partial charge in [0.1, 0.15) is 19.2 Å². The molecule has 0 spiro atoms. The summed E-state index contributed by atoms with van der Waals surface area (Å²) in [5.74, 6) is 0.101. The predicted molar refractivity (Wildman–Crippen MR) is 92.3 cm³/mol. The van der Waals surface area contributed by atoms with E-state index in [4.69, 9.17) is 0 Å².